The predicted molar refractivity (Wildman–Crippen MR) is 48.4 cm³/mol. The first-order valence-electron chi connectivity index (χ1n) is 3.67. The molecule has 2 heterocycles. The Morgan fingerprint density at radius 3 is 1.92 bits per heavy atom. The van der Waals surface area contributed by atoms with Gasteiger partial charge in [-0.15, -0.1) is 0 Å². The van der Waals surface area contributed by atoms with Crippen molar-refractivity contribution in [1.29, 1.82) is 0 Å². The number of hydrogen-bond donors (Lipinski definition) is 0. The summed E-state index contributed by atoms with van der Waals surface area (Å²) >= 11 is 0.804. The van der Waals surface area contributed by atoms with E-state index in [0.717, 1.165) is 22.5 Å². The third-order valence-corrected chi connectivity index (χ3v) is 8.23. The molecule has 0 fully saturated rings. The Morgan fingerprint density at radius 2 is 1.54 bits per heavy atom. The van der Waals surface area contributed by atoms with Gasteiger partial charge in [0.15, 0.2) is 0 Å². The van der Waals surface area contributed by atoms with Crippen LogP contribution in [0.1, 0.15) is 0 Å². The van der Waals surface area contributed by atoms with E-state index in [2.05, 4.69) is 18.7 Å². The van der Waals surface area contributed by atoms with Crippen molar-refractivity contribution in [2.45, 2.75) is 0 Å². The van der Waals surface area contributed by atoms with Gasteiger partial charge in [0.25, 0.3) is 0 Å². The summed E-state index contributed by atoms with van der Waals surface area (Å²) in [7, 11) is 4.19. The minimum absolute atomic E-state index is 0. The van der Waals surface area contributed by atoms with Crippen LogP contribution in [0.3, 0.4) is 0 Å². The van der Waals surface area contributed by atoms with Crippen molar-refractivity contribution >= 4 is 29.0 Å². The summed E-state index contributed by atoms with van der Waals surface area (Å²) < 4.78 is 17.0. The number of halogens is 1. The monoisotopic (exact) mass is 379 g/mol. The van der Waals surface area contributed by atoms with Crippen LogP contribution in [0.2, 0.25) is 0 Å². The van der Waals surface area contributed by atoms with Crippen molar-refractivity contribution in [3.8, 4) is 9.25 Å². The molecule has 0 radical (unpaired) electrons. The molecular weight excluding hydrogens is 368 g/mol. The van der Waals surface area contributed by atoms with E-state index in [1.54, 1.807) is 0 Å². The van der Waals surface area contributed by atoms with Crippen molar-refractivity contribution in [2.75, 3.05) is 27.3 Å². The van der Waals surface area contributed by atoms with Gasteiger partial charge in [0.1, 0.15) is 0 Å². The Morgan fingerprint density at radius 1 is 1.08 bits per heavy atom. The van der Waals surface area contributed by atoms with Gasteiger partial charge in [0, 0.05) is 0 Å². The first-order valence-corrected chi connectivity index (χ1v) is 7.10. The van der Waals surface area contributed by atoms with Crippen LogP contribution in [0, 0.1) is 0 Å². The van der Waals surface area contributed by atoms with E-state index in [0.29, 0.717) is 29.0 Å². The van der Waals surface area contributed by atoms with Crippen molar-refractivity contribution < 1.29 is 26.5 Å². The van der Waals surface area contributed by atoms with Gasteiger partial charge in [0.05, 0.1) is 0 Å². The molecule has 0 atom stereocenters. The molecule has 0 aliphatic carbocycles. The van der Waals surface area contributed by atoms with Gasteiger partial charge in [-0.3, -0.25) is 0 Å². The third kappa shape index (κ3) is 2.51. The molecule has 74 valence electrons. The average Bonchev–Trinajstić information content (AvgIpc) is 2.46. The molecule has 1 aromatic heterocycles. The molecule has 0 aromatic carbocycles. The second-order valence-corrected chi connectivity index (χ2v) is 7.98. The smallest absolute Gasteiger partial charge is 1.00 e. The zero-order chi connectivity index (χ0) is 8.55. The van der Waals surface area contributed by atoms with E-state index in [1.165, 1.54) is 3.11 Å². The molecule has 0 bridgehead atoms. The van der Waals surface area contributed by atoms with E-state index in [-0.39, 0.29) is 17.0 Å². The van der Waals surface area contributed by atoms with E-state index in [1.807, 2.05) is 0 Å². The molecule has 6 heteroatoms. The van der Waals surface area contributed by atoms with Crippen LogP contribution in [-0.4, -0.2) is 56.3 Å². The average molecular weight is 378 g/mol. The molecule has 0 spiro atoms. The van der Waals surface area contributed by atoms with Crippen LogP contribution in [0.25, 0.3) is 0 Å². The molecule has 13 heavy (non-hydrogen) atoms. The van der Waals surface area contributed by atoms with Crippen molar-refractivity contribution in [3.63, 3.8) is 0 Å². The van der Waals surface area contributed by atoms with Crippen LogP contribution in [-0.2, 0) is 0 Å². The van der Waals surface area contributed by atoms with Gasteiger partial charge < -0.3 is 17.0 Å². The predicted octanol–water partition coefficient (Wildman–Crippen LogP) is -4.39. The molecule has 1 aromatic rings. The molecule has 2 rings (SSSR count). The SMILES string of the molecule is C[N+](C)=c1[se]c2c([se]1)OCCO2.[Br-]. The van der Waals surface area contributed by atoms with E-state index >= 15 is 0 Å². The Bertz CT molecular complexity index is 327. The first kappa shape index (κ1) is 11.6. The Hall–Kier alpha value is 0.529. The zero-order valence-corrected chi connectivity index (χ0v) is 12.4. The van der Waals surface area contributed by atoms with E-state index < -0.39 is 0 Å². The van der Waals surface area contributed by atoms with Crippen LogP contribution < -0.4 is 34.1 Å². The number of nitrogens with zero attached hydrogens (tertiary/aromatic N) is 1. The summed E-state index contributed by atoms with van der Waals surface area (Å²) in [5.41, 5.74) is 0. The molecule has 3 nitrogen and oxygen atoms in total. The van der Waals surface area contributed by atoms with Crippen LogP contribution in [0.5, 0.6) is 9.25 Å². The normalized spacial score (nSPS) is 13.4. The second kappa shape index (κ2) is 4.85. The van der Waals surface area contributed by atoms with Crippen molar-refractivity contribution in [2.24, 2.45) is 0 Å². The largest absolute Gasteiger partial charge is 1.00 e. The number of rotatable bonds is 0. The Kier molecular flexibility index (Phi) is 4.33. The summed E-state index contributed by atoms with van der Waals surface area (Å²) in [6.07, 6.45) is 0. The fraction of sp³-hybridized carbons (Fsp3) is 0.571. The quantitative estimate of drug-likeness (QED) is 0.336. The third-order valence-electron chi connectivity index (χ3n) is 1.44. The van der Waals surface area contributed by atoms with Gasteiger partial charge in [-0.2, -0.15) is 0 Å². The molecule has 0 amide bonds. The summed E-state index contributed by atoms with van der Waals surface area (Å²) in [4.78, 5) is 0. The fourth-order valence-corrected chi connectivity index (χ4v) is 6.62. The first-order chi connectivity index (χ1) is 5.77. The molecule has 0 unspecified atom stereocenters. The fourth-order valence-electron chi connectivity index (χ4n) is 0.891. The van der Waals surface area contributed by atoms with Crippen LogP contribution in [0.4, 0.5) is 0 Å². The maximum absolute atomic E-state index is 5.53. The topological polar surface area (TPSA) is 21.5 Å². The van der Waals surface area contributed by atoms with Crippen LogP contribution >= 0.6 is 0 Å². The molecule has 1 aliphatic heterocycles. The van der Waals surface area contributed by atoms with E-state index in [4.69, 9.17) is 9.47 Å². The van der Waals surface area contributed by atoms with Gasteiger partial charge in [-0.1, -0.05) is 0 Å². The minimum Gasteiger partial charge on any atom is -1.00 e. The molecule has 0 N–H and O–H groups in total. The maximum atomic E-state index is 5.53. The molecule has 0 saturated heterocycles. The Labute approximate surface area is 99.3 Å². The van der Waals surface area contributed by atoms with E-state index in [9.17, 15) is 0 Å². The van der Waals surface area contributed by atoms with Crippen molar-refractivity contribution in [1.82, 2.24) is 4.58 Å². The standard InChI is InChI=1S/C7H10NO2Se2.BrH/c1-8(2)7-11-5-6(12-7)10-4-3-9-5;/h3-4H2,1-2H3;1H/q+1;/p-1. The summed E-state index contributed by atoms with van der Waals surface area (Å²) in [6, 6.07) is 0. The molecular formula is C7H10BrNO2Se2. The summed E-state index contributed by atoms with van der Waals surface area (Å²) in [5.74, 6) is 0. The maximum Gasteiger partial charge on any atom is -1.00 e. The van der Waals surface area contributed by atoms with Gasteiger partial charge >= 0.3 is 82.7 Å². The molecule has 1 aliphatic rings. The van der Waals surface area contributed by atoms with Crippen LogP contribution in [0.15, 0.2) is 0 Å². The second-order valence-electron chi connectivity index (χ2n) is 2.64. The van der Waals surface area contributed by atoms with Gasteiger partial charge in [0.2, 0.25) is 0 Å². The van der Waals surface area contributed by atoms with Gasteiger partial charge in [-0.05, 0) is 0 Å². The summed E-state index contributed by atoms with van der Waals surface area (Å²) in [5, 5.41) is 0. The number of fused-ring (bicyclic) bond motifs is 1. The van der Waals surface area contributed by atoms with Gasteiger partial charge in [-0.25, -0.2) is 0 Å². The summed E-state index contributed by atoms with van der Waals surface area (Å²) in [6.45, 7) is 1.47. The Balaban J connectivity index is 0.000000845. The zero-order valence-electron chi connectivity index (χ0n) is 7.37. The van der Waals surface area contributed by atoms with Crippen molar-refractivity contribution in [3.05, 3.63) is 3.11 Å². The minimum atomic E-state index is 0. The molecule has 0 saturated carbocycles. The number of ether oxygens (including phenoxy) is 2. The number of hydrogen-bond acceptors (Lipinski definition) is 2.